The smallest absolute Gasteiger partial charge is 0.331 e. The Morgan fingerprint density at radius 2 is 1.81 bits per heavy atom. The van der Waals surface area contributed by atoms with Crippen LogP contribution in [0.4, 0.5) is 0 Å². The molecule has 1 amide bonds. The second kappa shape index (κ2) is 8.98. The summed E-state index contributed by atoms with van der Waals surface area (Å²) in [6, 6.07) is 5.43. The highest BCUT2D eigenvalue weighted by atomic mass is 32.2. The number of rotatable bonds is 8. The second-order valence-electron chi connectivity index (χ2n) is 6.24. The number of hydrogen-bond donors (Lipinski definition) is 1. The lowest BCUT2D eigenvalue weighted by molar-refractivity contribution is -0.152. The molecule has 1 N–H and O–H groups in total. The number of aliphatic imine (C=N–C) groups is 1. The minimum absolute atomic E-state index is 0.0972. The molecule has 2 rings (SSSR count). The van der Waals surface area contributed by atoms with Gasteiger partial charge in [-0.15, -0.1) is 0 Å². The SMILES string of the molecule is CCCN(CCC)C(=O)COC(=O)[C@H](C)N=C1NS(=O)(=O)c2ccccc21. The number of sulfonamides is 1. The Labute approximate surface area is 159 Å². The van der Waals surface area contributed by atoms with E-state index >= 15 is 0 Å². The van der Waals surface area contributed by atoms with Crippen molar-refractivity contribution in [3.05, 3.63) is 29.8 Å². The number of ether oxygens (including phenoxy) is 1. The van der Waals surface area contributed by atoms with E-state index in [0.717, 1.165) is 12.8 Å². The molecule has 1 heterocycles. The van der Waals surface area contributed by atoms with Crippen LogP contribution in [0.3, 0.4) is 0 Å². The Morgan fingerprint density at radius 3 is 2.44 bits per heavy atom. The van der Waals surface area contributed by atoms with E-state index in [4.69, 9.17) is 4.74 Å². The van der Waals surface area contributed by atoms with Crippen LogP contribution in [-0.2, 0) is 24.3 Å². The van der Waals surface area contributed by atoms with Gasteiger partial charge in [-0.2, -0.15) is 0 Å². The summed E-state index contributed by atoms with van der Waals surface area (Å²) in [5.74, 6) is -0.842. The molecule has 0 saturated carbocycles. The quantitative estimate of drug-likeness (QED) is 0.668. The van der Waals surface area contributed by atoms with Crippen molar-refractivity contribution in [3.8, 4) is 0 Å². The maximum Gasteiger partial charge on any atom is 0.331 e. The normalized spacial score (nSPS) is 17.1. The molecule has 0 aliphatic carbocycles. The Bertz CT molecular complexity index is 829. The molecule has 1 aliphatic rings. The maximum absolute atomic E-state index is 12.2. The Kier molecular flexibility index (Phi) is 6.95. The minimum atomic E-state index is -3.67. The van der Waals surface area contributed by atoms with Crippen molar-refractivity contribution >= 4 is 27.7 Å². The van der Waals surface area contributed by atoms with Crippen LogP contribution in [0.2, 0.25) is 0 Å². The lowest BCUT2D eigenvalue weighted by atomic mass is 10.2. The van der Waals surface area contributed by atoms with E-state index in [1.165, 1.54) is 13.0 Å². The third-order valence-electron chi connectivity index (χ3n) is 4.00. The van der Waals surface area contributed by atoms with E-state index in [1.54, 1.807) is 23.1 Å². The topological polar surface area (TPSA) is 105 Å². The van der Waals surface area contributed by atoms with Crippen molar-refractivity contribution in [2.75, 3.05) is 19.7 Å². The lowest BCUT2D eigenvalue weighted by Crippen LogP contribution is -2.37. The Balaban J connectivity index is 2.02. The zero-order valence-electron chi connectivity index (χ0n) is 15.8. The van der Waals surface area contributed by atoms with Gasteiger partial charge in [0.15, 0.2) is 6.61 Å². The van der Waals surface area contributed by atoms with Crippen molar-refractivity contribution in [2.45, 2.75) is 44.6 Å². The maximum atomic E-state index is 12.2. The number of nitrogens with one attached hydrogen (secondary N) is 1. The molecule has 9 heteroatoms. The number of hydrogen-bond acceptors (Lipinski definition) is 6. The summed E-state index contributed by atoms with van der Waals surface area (Å²) in [5.41, 5.74) is 0.408. The molecule has 0 spiro atoms. The average Bonchev–Trinajstić information content (AvgIpc) is 2.89. The molecule has 0 unspecified atom stereocenters. The van der Waals surface area contributed by atoms with Crippen molar-refractivity contribution in [3.63, 3.8) is 0 Å². The number of nitrogens with zero attached hydrogens (tertiary/aromatic N) is 2. The molecule has 1 aliphatic heterocycles. The molecule has 0 aromatic heterocycles. The van der Waals surface area contributed by atoms with Gasteiger partial charge in [-0.1, -0.05) is 26.0 Å². The fourth-order valence-corrected chi connectivity index (χ4v) is 3.96. The van der Waals surface area contributed by atoms with E-state index in [0.29, 0.717) is 18.7 Å². The zero-order valence-corrected chi connectivity index (χ0v) is 16.6. The summed E-state index contributed by atoms with van der Waals surface area (Å²) < 4.78 is 31.6. The first kappa shape index (κ1) is 20.9. The molecule has 0 saturated heterocycles. The third-order valence-corrected chi connectivity index (χ3v) is 5.40. The highest BCUT2D eigenvalue weighted by Crippen LogP contribution is 2.22. The van der Waals surface area contributed by atoms with E-state index in [1.807, 2.05) is 13.8 Å². The van der Waals surface area contributed by atoms with Crippen molar-refractivity contribution in [2.24, 2.45) is 4.99 Å². The van der Waals surface area contributed by atoms with Crippen LogP contribution in [0.15, 0.2) is 34.2 Å². The summed E-state index contributed by atoms with van der Waals surface area (Å²) in [4.78, 5) is 30.2. The van der Waals surface area contributed by atoms with Gasteiger partial charge in [-0.05, 0) is 31.9 Å². The Hall–Kier alpha value is -2.42. The fraction of sp³-hybridized carbons (Fsp3) is 0.500. The molecular formula is C18H25N3O5S. The number of fused-ring (bicyclic) bond motifs is 1. The van der Waals surface area contributed by atoms with Gasteiger partial charge in [0.25, 0.3) is 15.9 Å². The molecule has 1 atom stereocenters. The van der Waals surface area contributed by atoms with Crippen LogP contribution in [0.25, 0.3) is 0 Å². The largest absolute Gasteiger partial charge is 0.454 e. The molecular weight excluding hydrogens is 370 g/mol. The lowest BCUT2D eigenvalue weighted by Gasteiger charge is -2.21. The van der Waals surface area contributed by atoms with Crippen LogP contribution in [-0.4, -0.2) is 56.8 Å². The summed E-state index contributed by atoms with van der Waals surface area (Å²) in [7, 11) is -3.67. The zero-order chi connectivity index (χ0) is 20.0. The van der Waals surface area contributed by atoms with Gasteiger partial charge in [-0.25, -0.2) is 13.2 Å². The molecule has 1 aromatic carbocycles. The molecule has 0 bridgehead atoms. The van der Waals surface area contributed by atoms with Gasteiger partial charge in [0.1, 0.15) is 11.9 Å². The molecule has 0 fully saturated rings. The third kappa shape index (κ3) is 5.06. The first-order valence-electron chi connectivity index (χ1n) is 8.94. The number of esters is 1. The predicted octanol–water partition coefficient (Wildman–Crippen LogP) is 1.31. The molecule has 1 aromatic rings. The summed E-state index contributed by atoms with van der Waals surface area (Å²) in [6.07, 6.45) is 1.65. The molecule has 148 valence electrons. The highest BCUT2D eigenvalue weighted by Gasteiger charge is 2.31. The monoisotopic (exact) mass is 395 g/mol. The van der Waals surface area contributed by atoms with Crippen molar-refractivity contribution < 1.29 is 22.7 Å². The van der Waals surface area contributed by atoms with E-state index in [-0.39, 0.29) is 23.2 Å². The predicted molar refractivity (Wildman–Crippen MR) is 101 cm³/mol. The summed E-state index contributed by atoms with van der Waals surface area (Å²) >= 11 is 0. The van der Waals surface area contributed by atoms with Crippen molar-refractivity contribution in [1.82, 2.24) is 9.62 Å². The first-order chi connectivity index (χ1) is 12.8. The highest BCUT2D eigenvalue weighted by molar-refractivity contribution is 7.90. The van der Waals surface area contributed by atoms with Gasteiger partial charge < -0.3 is 9.64 Å². The van der Waals surface area contributed by atoms with E-state index in [2.05, 4.69) is 9.71 Å². The fourth-order valence-electron chi connectivity index (χ4n) is 2.72. The summed E-state index contributed by atoms with van der Waals surface area (Å²) in [6.45, 7) is 6.31. The molecule has 27 heavy (non-hydrogen) atoms. The van der Waals surface area contributed by atoms with E-state index in [9.17, 15) is 18.0 Å². The number of carbonyl (C=O) groups excluding carboxylic acids is 2. The van der Waals surface area contributed by atoms with Crippen LogP contribution in [0.1, 0.15) is 39.2 Å². The number of amides is 1. The number of benzene rings is 1. The van der Waals surface area contributed by atoms with E-state index < -0.39 is 22.0 Å². The standard InChI is InChI=1S/C18H25N3O5S/c1-4-10-21(11-5-2)16(22)12-26-18(23)13(3)19-17-14-8-6-7-9-15(14)27(24,25)20-17/h6-9,13H,4-5,10-12H2,1-3H3,(H,19,20)/t13-/m0/s1. The van der Waals surface area contributed by atoms with Gasteiger partial charge in [-0.3, -0.25) is 14.5 Å². The van der Waals surface area contributed by atoms with Gasteiger partial charge in [0.2, 0.25) is 0 Å². The van der Waals surface area contributed by atoms with Gasteiger partial charge in [0.05, 0.1) is 4.90 Å². The van der Waals surface area contributed by atoms with Gasteiger partial charge >= 0.3 is 5.97 Å². The molecule has 0 radical (unpaired) electrons. The van der Waals surface area contributed by atoms with Crippen LogP contribution >= 0.6 is 0 Å². The number of amidine groups is 1. The summed E-state index contributed by atoms with van der Waals surface area (Å²) in [5, 5.41) is 0. The van der Waals surface area contributed by atoms with Crippen molar-refractivity contribution in [1.29, 1.82) is 0 Å². The van der Waals surface area contributed by atoms with Crippen LogP contribution < -0.4 is 4.72 Å². The van der Waals surface area contributed by atoms with Crippen LogP contribution in [0.5, 0.6) is 0 Å². The molecule has 8 nitrogen and oxygen atoms in total. The second-order valence-corrected chi connectivity index (χ2v) is 7.89. The first-order valence-corrected chi connectivity index (χ1v) is 10.4. The average molecular weight is 395 g/mol. The van der Waals surface area contributed by atoms with Gasteiger partial charge in [0, 0.05) is 18.7 Å². The Morgan fingerprint density at radius 1 is 1.19 bits per heavy atom. The minimum Gasteiger partial charge on any atom is -0.454 e. The number of carbonyl (C=O) groups is 2. The van der Waals surface area contributed by atoms with Crippen LogP contribution in [0, 0.1) is 0 Å².